The third-order valence-electron chi connectivity index (χ3n) is 2.93. The van der Waals surface area contributed by atoms with Crippen molar-refractivity contribution in [3.05, 3.63) is 64.2 Å². The lowest BCUT2D eigenvalue weighted by molar-refractivity contribution is 0.580. The van der Waals surface area contributed by atoms with Gasteiger partial charge in [0.1, 0.15) is 5.15 Å². The van der Waals surface area contributed by atoms with Crippen molar-refractivity contribution >= 4 is 11.6 Å². The Hall–Kier alpha value is -1.85. The summed E-state index contributed by atoms with van der Waals surface area (Å²) in [5.74, 6) is 5.07. The van der Waals surface area contributed by atoms with Gasteiger partial charge < -0.3 is 0 Å². The third-order valence-corrected chi connectivity index (χ3v) is 3.14. The van der Waals surface area contributed by atoms with E-state index in [0.29, 0.717) is 0 Å². The average molecular weight is 288 g/mol. The molecule has 2 aromatic rings. The smallest absolute Gasteiger partial charge is 0.207 e. The van der Waals surface area contributed by atoms with Gasteiger partial charge in [-0.3, -0.25) is 0 Å². The number of hydrogen-bond donors (Lipinski definition) is 0. The van der Waals surface area contributed by atoms with Gasteiger partial charge in [0.25, 0.3) is 0 Å². The van der Waals surface area contributed by atoms with E-state index in [1.165, 1.54) is 30.5 Å². The molecule has 0 bridgehead atoms. The minimum atomic E-state index is -0.635. The maximum Gasteiger partial charge on any atom is 0.230 e. The van der Waals surface area contributed by atoms with Crippen LogP contribution >= 0.6 is 11.6 Å². The van der Waals surface area contributed by atoms with Crippen LogP contribution in [-0.4, -0.2) is 4.98 Å². The molecule has 2 rings (SSSR count). The molecule has 0 N–H and O–H groups in total. The first-order valence-corrected chi connectivity index (χ1v) is 7.00. The molecule has 0 fully saturated rings. The number of pyridine rings is 1. The van der Waals surface area contributed by atoms with Crippen LogP contribution in [0.25, 0.3) is 0 Å². The highest BCUT2D eigenvalue weighted by Crippen LogP contribution is 2.10. The maximum atomic E-state index is 13.5. The largest absolute Gasteiger partial charge is 0.230 e. The van der Waals surface area contributed by atoms with E-state index >= 15 is 0 Å². The molecular formula is C17H15ClFN. The molecule has 0 spiro atoms. The van der Waals surface area contributed by atoms with Crippen molar-refractivity contribution in [2.24, 2.45) is 0 Å². The molecular weight excluding hydrogens is 273 g/mol. The number of rotatable bonds is 3. The monoisotopic (exact) mass is 287 g/mol. The van der Waals surface area contributed by atoms with Gasteiger partial charge in [-0.1, -0.05) is 48.9 Å². The second-order valence-electron chi connectivity index (χ2n) is 4.52. The normalized spacial score (nSPS) is 9.95. The van der Waals surface area contributed by atoms with Crippen LogP contribution in [0.1, 0.15) is 36.5 Å². The zero-order chi connectivity index (χ0) is 14.4. The highest BCUT2D eigenvalue weighted by Gasteiger charge is 2.00. The van der Waals surface area contributed by atoms with E-state index in [4.69, 9.17) is 11.6 Å². The van der Waals surface area contributed by atoms with Gasteiger partial charge in [-0.05, 0) is 42.7 Å². The lowest BCUT2D eigenvalue weighted by atomic mass is 10.1. The quantitative estimate of drug-likeness (QED) is 0.593. The number of nitrogens with zero attached hydrogens (tertiary/aromatic N) is 1. The first-order valence-electron chi connectivity index (χ1n) is 6.62. The summed E-state index contributed by atoms with van der Waals surface area (Å²) in [6.07, 6.45) is 3.46. The highest BCUT2D eigenvalue weighted by atomic mass is 35.5. The number of halogens is 2. The first-order chi connectivity index (χ1) is 9.69. The number of benzene rings is 1. The predicted molar refractivity (Wildman–Crippen MR) is 80.2 cm³/mol. The molecule has 0 aliphatic carbocycles. The molecule has 102 valence electrons. The van der Waals surface area contributed by atoms with Crippen LogP contribution in [0.5, 0.6) is 0 Å². The Balaban J connectivity index is 2.12. The molecule has 0 saturated carbocycles. The Morgan fingerprint density at radius 1 is 1.10 bits per heavy atom. The second kappa shape index (κ2) is 7.07. The van der Waals surface area contributed by atoms with Crippen molar-refractivity contribution in [1.29, 1.82) is 0 Å². The van der Waals surface area contributed by atoms with Gasteiger partial charge in [-0.25, -0.2) is 4.98 Å². The van der Waals surface area contributed by atoms with E-state index in [-0.39, 0.29) is 10.7 Å². The average Bonchev–Trinajstić information content (AvgIpc) is 2.45. The lowest BCUT2D eigenvalue weighted by Crippen LogP contribution is -1.89. The fraction of sp³-hybridized carbons (Fsp3) is 0.235. The molecule has 1 aromatic heterocycles. The molecule has 20 heavy (non-hydrogen) atoms. The summed E-state index contributed by atoms with van der Waals surface area (Å²) in [6.45, 7) is 2.18. The van der Waals surface area contributed by atoms with Crippen LogP contribution in [0, 0.1) is 17.8 Å². The zero-order valence-corrected chi connectivity index (χ0v) is 12.0. The van der Waals surface area contributed by atoms with Gasteiger partial charge in [0.2, 0.25) is 5.95 Å². The van der Waals surface area contributed by atoms with Crippen LogP contribution in [0.4, 0.5) is 4.39 Å². The molecule has 1 nitrogen and oxygen atoms in total. The Bertz CT molecular complexity index is 638. The van der Waals surface area contributed by atoms with Crippen molar-refractivity contribution in [3.8, 4) is 11.8 Å². The molecule has 0 saturated heterocycles. The maximum absolute atomic E-state index is 13.5. The van der Waals surface area contributed by atoms with Crippen LogP contribution in [0.3, 0.4) is 0 Å². The Morgan fingerprint density at radius 3 is 2.50 bits per heavy atom. The Kier molecular flexibility index (Phi) is 5.15. The summed E-state index contributed by atoms with van der Waals surface area (Å²) < 4.78 is 13.5. The second-order valence-corrected chi connectivity index (χ2v) is 4.91. The van der Waals surface area contributed by atoms with Gasteiger partial charge in [0.15, 0.2) is 0 Å². The zero-order valence-electron chi connectivity index (χ0n) is 11.3. The van der Waals surface area contributed by atoms with Gasteiger partial charge in [-0.15, -0.1) is 0 Å². The van der Waals surface area contributed by atoms with Gasteiger partial charge in [0.05, 0.1) is 5.56 Å². The molecule has 0 unspecified atom stereocenters. The topological polar surface area (TPSA) is 12.9 Å². The van der Waals surface area contributed by atoms with Crippen molar-refractivity contribution in [1.82, 2.24) is 4.98 Å². The van der Waals surface area contributed by atoms with Crippen molar-refractivity contribution in [2.75, 3.05) is 0 Å². The molecule has 3 heteroatoms. The van der Waals surface area contributed by atoms with Crippen LogP contribution in [0.2, 0.25) is 5.15 Å². The number of aromatic nitrogens is 1. The summed E-state index contributed by atoms with van der Waals surface area (Å²) >= 11 is 5.59. The van der Waals surface area contributed by atoms with E-state index in [2.05, 4.69) is 35.9 Å². The highest BCUT2D eigenvalue weighted by molar-refractivity contribution is 6.29. The van der Waals surface area contributed by atoms with Gasteiger partial charge in [0, 0.05) is 5.56 Å². The number of hydrogen-bond acceptors (Lipinski definition) is 1. The van der Waals surface area contributed by atoms with Crippen LogP contribution < -0.4 is 0 Å². The molecule has 1 heterocycles. The summed E-state index contributed by atoms with van der Waals surface area (Å²) in [5, 5.41) is 0.133. The summed E-state index contributed by atoms with van der Waals surface area (Å²) in [6, 6.07) is 11.1. The standard InChI is InChI=1S/C17H15ClFN/c1-2-3-4-13-5-7-14(8-6-13)9-10-15-11-12-16(18)20-17(15)19/h5-8,11-12H,2-4H2,1H3. The molecule has 0 aliphatic rings. The lowest BCUT2D eigenvalue weighted by Gasteiger charge is -1.99. The summed E-state index contributed by atoms with van der Waals surface area (Å²) in [5.41, 5.74) is 2.42. The third kappa shape index (κ3) is 4.08. The van der Waals surface area contributed by atoms with E-state index in [0.717, 1.165) is 12.0 Å². The SMILES string of the molecule is CCCCc1ccc(C#Cc2ccc(Cl)nc2F)cc1. The minimum Gasteiger partial charge on any atom is -0.207 e. The van der Waals surface area contributed by atoms with Crippen molar-refractivity contribution in [2.45, 2.75) is 26.2 Å². The Morgan fingerprint density at radius 2 is 1.85 bits per heavy atom. The molecule has 0 radical (unpaired) electrons. The molecule has 0 amide bonds. The minimum absolute atomic E-state index is 0.133. The number of unbranched alkanes of at least 4 members (excludes halogenated alkanes) is 1. The van der Waals surface area contributed by atoms with E-state index < -0.39 is 5.95 Å². The Labute approximate surface area is 123 Å². The van der Waals surface area contributed by atoms with Crippen molar-refractivity contribution in [3.63, 3.8) is 0 Å². The van der Waals surface area contributed by atoms with E-state index in [1.807, 2.05) is 12.1 Å². The van der Waals surface area contributed by atoms with E-state index in [9.17, 15) is 4.39 Å². The van der Waals surface area contributed by atoms with Gasteiger partial charge >= 0.3 is 0 Å². The van der Waals surface area contributed by atoms with Gasteiger partial charge in [-0.2, -0.15) is 4.39 Å². The van der Waals surface area contributed by atoms with E-state index in [1.54, 1.807) is 0 Å². The summed E-state index contributed by atoms with van der Waals surface area (Å²) in [7, 11) is 0. The predicted octanol–water partition coefficient (Wildman–Crippen LogP) is 4.62. The van der Waals surface area contributed by atoms with Crippen LogP contribution in [-0.2, 0) is 6.42 Å². The first kappa shape index (κ1) is 14.6. The van der Waals surface area contributed by atoms with Crippen LogP contribution in [0.15, 0.2) is 36.4 Å². The number of aryl methyl sites for hydroxylation is 1. The molecule has 0 atom stereocenters. The summed E-state index contributed by atoms with van der Waals surface area (Å²) in [4.78, 5) is 3.53. The fourth-order valence-electron chi connectivity index (χ4n) is 1.78. The molecule has 0 aliphatic heterocycles. The van der Waals surface area contributed by atoms with Crippen molar-refractivity contribution < 1.29 is 4.39 Å². The molecule has 1 aromatic carbocycles. The fourth-order valence-corrected chi connectivity index (χ4v) is 1.92.